The third-order valence-corrected chi connectivity index (χ3v) is 6.06. The quantitative estimate of drug-likeness (QED) is 0.255. The van der Waals surface area contributed by atoms with Crippen molar-refractivity contribution in [1.82, 2.24) is 4.57 Å². The number of rotatable bonds is 4. The van der Waals surface area contributed by atoms with Crippen molar-refractivity contribution in [3.63, 3.8) is 0 Å². The Labute approximate surface area is 188 Å². The molecule has 0 aliphatic heterocycles. The molecular weight excluding hydrogens is 497 g/mol. The number of nitrogens with zero attached hydrogens (tertiary/aromatic N) is 2. The Kier molecular flexibility index (Phi) is 6.46. The summed E-state index contributed by atoms with van der Waals surface area (Å²) in [5.74, 6) is -0.468. The predicted octanol–water partition coefficient (Wildman–Crippen LogP) is 6.21. The lowest BCUT2D eigenvalue weighted by atomic mass is 10.1. The van der Waals surface area contributed by atoms with Crippen molar-refractivity contribution in [2.45, 2.75) is 20.8 Å². The van der Waals surface area contributed by atoms with E-state index in [0.29, 0.717) is 10.7 Å². The minimum atomic E-state index is -0.468. The summed E-state index contributed by atoms with van der Waals surface area (Å²) in [5, 5.41) is 12.8. The van der Waals surface area contributed by atoms with Gasteiger partial charge in [-0.15, -0.1) is 0 Å². The molecule has 0 saturated carbocycles. The molecule has 1 amide bonds. The standard InChI is InChI=1S/C23H19ClIN3O/c1-14-9-21(7-8-22(14)25)28-15(2)10-17(16(28)3)11-18(13-26)23(29)27-20-6-4-5-19(24)12-20/h4-12H,1-3H3,(H,27,29)/b18-11-. The van der Waals surface area contributed by atoms with Gasteiger partial charge in [0.2, 0.25) is 0 Å². The number of hydrogen-bond donors (Lipinski definition) is 1. The lowest BCUT2D eigenvalue weighted by Crippen LogP contribution is -2.13. The first-order valence-corrected chi connectivity index (χ1v) is 10.4. The number of anilines is 1. The van der Waals surface area contributed by atoms with E-state index in [9.17, 15) is 10.1 Å². The minimum absolute atomic E-state index is 0.0315. The summed E-state index contributed by atoms with van der Waals surface area (Å²) in [7, 11) is 0. The van der Waals surface area contributed by atoms with Gasteiger partial charge < -0.3 is 9.88 Å². The lowest BCUT2D eigenvalue weighted by molar-refractivity contribution is -0.112. The fourth-order valence-electron chi connectivity index (χ4n) is 3.17. The van der Waals surface area contributed by atoms with Crippen LogP contribution in [0.4, 0.5) is 5.69 Å². The van der Waals surface area contributed by atoms with Gasteiger partial charge in [-0.1, -0.05) is 17.7 Å². The summed E-state index contributed by atoms with van der Waals surface area (Å²) in [5.41, 5.74) is 5.66. The van der Waals surface area contributed by atoms with Crippen molar-refractivity contribution in [2.75, 3.05) is 5.32 Å². The molecule has 4 nitrogen and oxygen atoms in total. The van der Waals surface area contributed by atoms with E-state index in [1.807, 2.05) is 26.0 Å². The van der Waals surface area contributed by atoms with Crippen molar-refractivity contribution in [2.24, 2.45) is 0 Å². The van der Waals surface area contributed by atoms with Gasteiger partial charge in [0.05, 0.1) is 0 Å². The molecule has 0 radical (unpaired) electrons. The largest absolute Gasteiger partial charge is 0.321 e. The lowest BCUT2D eigenvalue weighted by Gasteiger charge is -2.11. The molecule has 0 aliphatic rings. The molecule has 0 saturated heterocycles. The van der Waals surface area contributed by atoms with Gasteiger partial charge in [0, 0.05) is 31.4 Å². The van der Waals surface area contributed by atoms with E-state index >= 15 is 0 Å². The summed E-state index contributed by atoms with van der Waals surface area (Å²) in [6, 6.07) is 17.1. The van der Waals surface area contributed by atoms with Crippen LogP contribution in [0.5, 0.6) is 0 Å². The molecule has 6 heteroatoms. The van der Waals surface area contributed by atoms with Crippen LogP contribution in [-0.2, 0) is 4.79 Å². The first kappa shape index (κ1) is 21.2. The van der Waals surface area contributed by atoms with Crippen LogP contribution in [0, 0.1) is 35.7 Å². The minimum Gasteiger partial charge on any atom is -0.321 e. The number of aryl methyl sites for hydroxylation is 2. The van der Waals surface area contributed by atoms with Crippen LogP contribution in [0.25, 0.3) is 11.8 Å². The Morgan fingerprint density at radius 3 is 2.59 bits per heavy atom. The molecule has 0 aliphatic carbocycles. The van der Waals surface area contributed by atoms with Gasteiger partial charge >= 0.3 is 0 Å². The Morgan fingerprint density at radius 2 is 1.93 bits per heavy atom. The zero-order valence-electron chi connectivity index (χ0n) is 16.3. The van der Waals surface area contributed by atoms with Crippen molar-refractivity contribution in [3.8, 4) is 11.8 Å². The maximum absolute atomic E-state index is 12.6. The van der Waals surface area contributed by atoms with Gasteiger partial charge in [-0.25, -0.2) is 0 Å². The molecule has 1 N–H and O–H groups in total. The van der Waals surface area contributed by atoms with Crippen LogP contribution in [0.3, 0.4) is 0 Å². The van der Waals surface area contributed by atoms with Crippen molar-refractivity contribution >= 4 is 51.9 Å². The van der Waals surface area contributed by atoms with Crippen molar-refractivity contribution < 1.29 is 4.79 Å². The molecule has 3 aromatic rings. The number of benzene rings is 2. The Bertz CT molecular complexity index is 1170. The third kappa shape index (κ3) is 4.72. The number of carbonyl (C=O) groups excluding carboxylic acids is 1. The highest BCUT2D eigenvalue weighted by atomic mass is 127. The predicted molar refractivity (Wildman–Crippen MR) is 126 cm³/mol. The van der Waals surface area contributed by atoms with Crippen LogP contribution < -0.4 is 5.32 Å². The SMILES string of the molecule is Cc1cc(-n2c(C)cc(/C=C(/C#N)C(=O)Nc3cccc(Cl)c3)c2C)ccc1I. The Morgan fingerprint density at radius 1 is 1.17 bits per heavy atom. The summed E-state index contributed by atoms with van der Waals surface area (Å²) in [6.07, 6.45) is 1.62. The normalized spacial score (nSPS) is 11.2. The summed E-state index contributed by atoms with van der Waals surface area (Å²) >= 11 is 8.27. The van der Waals surface area contributed by atoms with Gasteiger partial charge in [-0.3, -0.25) is 4.79 Å². The highest BCUT2D eigenvalue weighted by Gasteiger charge is 2.14. The van der Waals surface area contributed by atoms with Gasteiger partial charge in [-0.2, -0.15) is 5.26 Å². The molecule has 2 aromatic carbocycles. The molecule has 3 rings (SSSR count). The van der Waals surface area contributed by atoms with E-state index in [4.69, 9.17) is 11.6 Å². The second-order valence-corrected chi connectivity index (χ2v) is 8.33. The van der Waals surface area contributed by atoms with E-state index in [1.54, 1.807) is 30.3 Å². The maximum Gasteiger partial charge on any atom is 0.266 e. The average Bonchev–Trinajstić information content (AvgIpc) is 2.95. The van der Waals surface area contributed by atoms with Gasteiger partial charge in [0.1, 0.15) is 11.6 Å². The summed E-state index contributed by atoms with van der Waals surface area (Å²) in [6.45, 7) is 6.07. The number of aromatic nitrogens is 1. The number of halogens is 2. The molecule has 146 valence electrons. The Balaban J connectivity index is 1.95. The van der Waals surface area contributed by atoms with E-state index < -0.39 is 5.91 Å². The summed E-state index contributed by atoms with van der Waals surface area (Å²) in [4.78, 5) is 12.6. The number of nitriles is 1. The molecule has 1 aromatic heterocycles. The highest BCUT2D eigenvalue weighted by molar-refractivity contribution is 14.1. The number of carbonyl (C=O) groups is 1. The van der Waals surface area contributed by atoms with Crippen LogP contribution >= 0.6 is 34.2 Å². The van der Waals surface area contributed by atoms with Gasteiger partial charge in [0.15, 0.2) is 0 Å². The maximum atomic E-state index is 12.6. The number of nitrogens with one attached hydrogen (secondary N) is 1. The monoisotopic (exact) mass is 515 g/mol. The molecular formula is C23H19ClIN3O. The van der Waals surface area contributed by atoms with E-state index in [2.05, 4.69) is 57.6 Å². The average molecular weight is 516 g/mol. The Hall–Kier alpha value is -2.56. The summed E-state index contributed by atoms with van der Waals surface area (Å²) < 4.78 is 3.33. The van der Waals surface area contributed by atoms with Crippen molar-refractivity contribution in [1.29, 1.82) is 5.26 Å². The molecule has 0 atom stereocenters. The van der Waals surface area contributed by atoms with E-state index in [0.717, 1.165) is 22.6 Å². The van der Waals surface area contributed by atoms with E-state index in [-0.39, 0.29) is 5.57 Å². The van der Waals surface area contributed by atoms with Crippen LogP contribution in [0.1, 0.15) is 22.5 Å². The molecule has 0 spiro atoms. The van der Waals surface area contributed by atoms with Crippen LogP contribution in [0.2, 0.25) is 5.02 Å². The molecule has 1 heterocycles. The zero-order valence-corrected chi connectivity index (χ0v) is 19.2. The van der Waals surface area contributed by atoms with E-state index in [1.165, 1.54) is 9.13 Å². The third-order valence-electron chi connectivity index (χ3n) is 4.62. The van der Waals surface area contributed by atoms with Gasteiger partial charge in [0.25, 0.3) is 5.91 Å². The molecule has 0 unspecified atom stereocenters. The fourth-order valence-corrected chi connectivity index (χ4v) is 3.69. The second-order valence-electron chi connectivity index (χ2n) is 6.73. The van der Waals surface area contributed by atoms with Gasteiger partial charge in [-0.05, 0) is 103 Å². The molecule has 29 heavy (non-hydrogen) atoms. The van der Waals surface area contributed by atoms with Crippen LogP contribution in [0.15, 0.2) is 54.1 Å². The second kappa shape index (κ2) is 8.85. The highest BCUT2D eigenvalue weighted by Crippen LogP contribution is 2.25. The molecule has 0 bridgehead atoms. The smallest absolute Gasteiger partial charge is 0.266 e. The number of hydrogen-bond acceptors (Lipinski definition) is 2. The topological polar surface area (TPSA) is 57.8 Å². The first-order valence-electron chi connectivity index (χ1n) is 8.94. The fraction of sp³-hybridized carbons (Fsp3) is 0.130. The first-order chi connectivity index (χ1) is 13.8. The van der Waals surface area contributed by atoms with Crippen molar-refractivity contribution in [3.05, 3.63) is 85.2 Å². The van der Waals surface area contributed by atoms with Crippen LogP contribution in [-0.4, -0.2) is 10.5 Å². The molecule has 0 fully saturated rings. The zero-order chi connectivity index (χ0) is 21.1. The number of amides is 1.